The van der Waals surface area contributed by atoms with E-state index in [9.17, 15) is 8.78 Å². The van der Waals surface area contributed by atoms with Crippen LogP contribution in [-0.2, 0) is 6.54 Å². The lowest BCUT2D eigenvalue weighted by molar-refractivity contribution is 0.509. The molecule has 0 bridgehead atoms. The van der Waals surface area contributed by atoms with Crippen LogP contribution >= 0.6 is 11.6 Å². The molecule has 0 spiro atoms. The highest BCUT2D eigenvalue weighted by atomic mass is 35.5. The van der Waals surface area contributed by atoms with Gasteiger partial charge < -0.3 is 10.6 Å². The minimum atomic E-state index is -0.925. The first-order chi connectivity index (χ1) is 11.6. The van der Waals surface area contributed by atoms with Crippen LogP contribution < -0.4 is 10.6 Å². The Kier molecular flexibility index (Phi) is 4.86. The van der Waals surface area contributed by atoms with Crippen molar-refractivity contribution in [2.75, 3.05) is 10.6 Å². The maximum atomic E-state index is 13.2. The lowest BCUT2D eigenvalue weighted by atomic mass is 10.2. The highest BCUT2D eigenvalue weighted by Crippen LogP contribution is 2.20. The molecule has 7 heteroatoms. The third kappa shape index (κ3) is 3.97. The van der Waals surface area contributed by atoms with Gasteiger partial charge in [0.05, 0.1) is 0 Å². The number of nitrogens with zero attached hydrogens (tertiary/aromatic N) is 2. The molecule has 0 aliphatic carbocycles. The molecule has 1 heterocycles. The topological polar surface area (TPSA) is 49.8 Å². The molecule has 2 aromatic carbocycles. The Balaban J connectivity index is 1.69. The van der Waals surface area contributed by atoms with Gasteiger partial charge in [-0.1, -0.05) is 29.8 Å². The van der Waals surface area contributed by atoms with Gasteiger partial charge in [0.15, 0.2) is 11.6 Å². The van der Waals surface area contributed by atoms with Crippen LogP contribution in [0.4, 0.5) is 26.1 Å². The molecular formula is C17H13ClF2N4. The van der Waals surface area contributed by atoms with E-state index in [0.717, 1.165) is 17.7 Å². The number of nitrogens with one attached hydrogen (secondary N) is 2. The number of rotatable bonds is 5. The second kappa shape index (κ2) is 7.23. The summed E-state index contributed by atoms with van der Waals surface area (Å²) in [6.07, 6.45) is 1.37. The molecule has 0 saturated heterocycles. The summed E-state index contributed by atoms with van der Waals surface area (Å²) in [4.78, 5) is 8.17. The van der Waals surface area contributed by atoms with Gasteiger partial charge in [0.1, 0.15) is 18.0 Å². The van der Waals surface area contributed by atoms with E-state index in [4.69, 9.17) is 11.6 Å². The molecule has 0 atom stereocenters. The predicted octanol–water partition coefficient (Wildman–Crippen LogP) is 4.76. The summed E-state index contributed by atoms with van der Waals surface area (Å²) < 4.78 is 26.2. The zero-order valence-corrected chi connectivity index (χ0v) is 13.2. The van der Waals surface area contributed by atoms with E-state index in [1.54, 1.807) is 6.07 Å². The van der Waals surface area contributed by atoms with Crippen molar-refractivity contribution in [1.29, 1.82) is 0 Å². The molecule has 4 nitrogen and oxygen atoms in total. The zero-order chi connectivity index (χ0) is 16.9. The van der Waals surface area contributed by atoms with Crippen LogP contribution in [0.15, 0.2) is 54.9 Å². The van der Waals surface area contributed by atoms with Crippen molar-refractivity contribution in [2.45, 2.75) is 6.54 Å². The van der Waals surface area contributed by atoms with Crippen LogP contribution in [0.5, 0.6) is 0 Å². The largest absolute Gasteiger partial charge is 0.366 e. The highest BCUT2D eigenvalue weighted by molar-refractivity contribution is 6.31. The molecule has 3 aromatic rings. The van der Waals surface area contributed by atoms with Crippen LogP contribution in [0.2, 0.25) is 5.02 Å². The summed E-state index contributed by atoms with van der Waals surface area (Å²) in [7, 11) is 0. The van der Waals surface area contributed by atoms with E-state index in [2.05, 4.69) is 20.6 Å². The molecule has 0 aliphatic rings. The minimum Gasteiger partial charge on any atom is -0.366 e. The van der Waals surface area contributed by atoms with Crippen molar-refractivity contribution in [3.63, 3.8) is 0 Å². The summed E-state index contributed by atoms with van der Waals surface area (Å²) in [6.45, 7) is 0.501. The van der Waals surface area contributed by atoms with Crippen LogP contribution in [0.25, 0.3) is 0 Å². The fourth-order valence-corrected chi connectivity index (χ4v) is 2.27. The van der Waals surface area contributed by atoms with Gasteiger partial charge in [0.2, 0.25) is 0 Å². The van der Waals surface area contributed by atoms with Gasteiger partial charge in [-0.2, -0.15) is 0 Å². The number of anilines is 3. The van der Waals surface area contributed by atoms with Crippen molar-refractivity contribution in [3.05, 3.63) is 77.1 Å². The normalized spacial score (nSPS) is 10.5. The molecule has 2 N–H and O–H groups in total. The smallest absolute Gasteiger partial charge is 0.160 e. The lowest BCUT2D eigenvalue weighted by Gasteiger charge is -2.09. The Bertz CT molecular complexity index is 857. The minimum absolute atomic E-state index is 0.393. The summed E-state index contributed by atoms with van der Waals surface area (Å²) in [5.74, 6) is -0.788. The van der Waals surface area contributed by atoms with E-state index in [0.29, 0.717) is 28.9 Å². The predicted molar refractivity (Wildman–Crippen MR) is 90.5 cm³/mol. The number of aromatic nitrogens is 2. The average molecular weight is 347 g/mol. The van der Waals surface area contributed by atoms with E-state index >= 15 is 0 Å². The molecule has 0 aliphatic heterocycles. The maximum absolute atomic E-state index is 13.2. The van der Waals surface area contributed by atoms with E-state index in [1.807, 2.05) is 24.3 Å². The number of benzene rings is 2. The third-order valence-corrected chi connectivity index (χ3v) is 3.65. The van der Waals surface area contributed by atoms with Crippen molar-refractivity contribution in [1.82, 2.24) is 9.97 Å². The zero-order valence-electron chi connectivity index (χ0n) is 12.4. The van der Waals surface area contributed by atoms with Gasteiger partial charge in [0, 0.05) is 29.4 Å². The first-order valence-electron chi connectivity index (χ1n) is 7.13. The summed E-state index contributed by atoms with van der Waals surface area (Å²) in [5.41, 5.74) is 1.33. The summed E-state index contributed by atoms with van der Waals surface area (Å²) >= 11 is 6.11. The third-order valence-electron chi connectivity index (χ3n) is 3.28. The Morgan fingerprint density at radius 1 is 0.917 bits per heavy atom. The fourth-order valence-electron chi connectivity index (χ4n) is 2.07. The van der Waals surface area contributed by atoms with E-state index in [1.165, 1.54) is 12.4 Å². The van der Waals surface area contributed by atoms with E-state index < -0.39 is 11.6 Å². The molecule has 122 valence electrons. The standard InChI is InChI=1S/C17H13ClF2N4/c18-13-4-2-1-3-11(13)9-21-16-8-17(23-10-22-16)24-12-5-6-14(19)15(20)7-12/h1-8,10H,9H2,(H2,21,22,23,24). The van der Waals surface area contributed by atoms with Crippen molar-refractivity contribution in [2.24, 2.45) is 0 Å². The molecule has 0 fully saturated rings. The first kappa shape index (κ1) is 16.1. The van der Waals surface area contributed by atoms with Gasteiger partial charge in [0.25, 0.3) is 0 Å². The second-order valence-corrected chi connectivity index (χ2v) is 5.39. The van der Waals surface area contributed by atoms with Crippen molar-refractivity contribution >= 4 is 28.9 Å². The molecular weight excluding hydrogens is 334 g/mol. The number of hydrogen-bond acceptors (Lipinski definition) is 4. The average Bonchev–Trinajstić information content (AvgIpc) is 2.58. The lowest BCUT2D eigenvalue weighted by Crippen LogP contribution is -2.03. The van der Waals surface area contributed by atoms with Gasteiger partial charge >= 0.3 is 0 Å². The molecule has 1 aromatic heterocycles. The SMILES string of the molecule is Fc1ccc(Nc2cc(NCc3ccccc3Cl)ncn2)cc1F. The molecule has 0 saturated carbocycles. The highest BCUT2D eigenvalue weighted by Gasteiger charge is 2.05. The Morgan fingerprint density at radius 3 is 2.50 bits per heavy atom. The first-order valence-corrected chi connectivity index (χ1v) is 7.51. The second-order valence-electron chi connectivity index (χ2n) is 4.99. The van der Waals surface area contributed by atoms with Crippen LogP contribution in [0, 0.1) is 11.6 Å². The van der Waals surface area contributed by atoms with Gasteiger partial charge in [-0.25, -0.2) is 18.7 Å². The van der Waals surface area contributed by atoms with Crippen LogP contribution in [-0.4, -0.2) is 9.97 Å². The quantitative estimate of drug-likeness (QED) is 0.699. The molecule has 0 amide bonds. The van der Waals surface area contributed by atoms with Crippen molar-refractivity contribution < 1.29 is 8.78 Å². The Morgan fingerprint density at radius 2 is 1.71 bits per heavy atom. The maximum Gasteiger partial charge on any atom is 0.160 e. The van der Waals surface area contributed by atoms with Crippen LogP contribution in [0.3, 0.4) is 0 Å². The van der Waals surface area contributed by atoms with Gasteiger partial charge in [-0.15, -0.1) is 0 Å². The number of halogens is 3. The molecule has 3 rings (SSSR count). The molecule has 0 unspecified atom stereocenters. The summed E-state index contributed by atoms with van der Waals surface area (Å²) in [6, 6.07) is 12.7. The fraction of sp³-hybridized carbons (Fsp3) is 0.0588. The van der Waals surface area contributed by atoms with E-state index in [-0.39, 0.29) is 0 Å². The summed E-state index contributed by atoms with van der Waals surface area (Å²) in [5, 5.41) is 6.70. The van der Waals surface area contributed by atoms with Crippen molar-refractivity contribution in [3.8, 4) is 0 Å². The van der Waals surface area contributed by atoms with Gasteiger partial charge in [-0.3, -0.25) is 0 Å². The molecule has 0 radical (unpaired) electrons. The molecule has 24 heavy (non-hydrogen) atoms. The number of hydrogen-bond donors (Lipinski definition) is 2. The van der Waals surface area contributed by atoms with Gasteiger partial charge in [-0.05, 0) is 23.8 Å². The Labute approximate surface area is 142 Å². The van der Waals surface area contributed by atoms with Crippen LogP contribution in [0.1, 0.15) is 5.56 Å². The Hall–Kier alpha value is -2.73. The monoisotopic (exact) mass is 346 g/mol.